The van der Waals surface area contributed by atoms with E-state index >= 15 is 0 Å². The molecular weight excluding hydrogens is 442 g/mol. The number of para-hydroxylation sites is 2. The first-order chi connectivity index (χ1) is 14.7. The Morgan fingerprint density at radius 2 is 1.77 bits per heavy atom. The SMILES string of the molecule is Cc1cc(N2C(=O)CCS2(=O)=O)ccc1S(=O)(=O)Nc1ccccc1N1CCOCC1. The Bertz CT molecular complexity index is 1220. The second-order valence-electron chi connectivity index (χ2n) is 7.40. The predicted molar refractivity (Wildman–Crippen MR) is 117 cm³/mol. The number of sulfonamides is 2. The van der Waals surface area contributed by atoms with Crippen LogP contribution in [0.2, 0.25) is 0 Å². The molecule has 31 heavy (non-hydrogen) atoms. The average molecular weight is 466 g/mol. The van der Waals surface area contributed by atoms with Crippen LogP contribution in [-0.4, -0.2) is 54.8 Å². The molecule has 1 amide bonds. The molecule has 2 heterocycles. The van der Waals surface area contributed by atoms with Crippen LogP contribution >= 0.6 is 0 Å². The van der Waals surface area contributed by atoms with Gasteiger partial charge in [-0.05, 0) is 42.8 Å². The fourth-order valence-corrected chi connectivity index (χ4v) is 6.52. The highest BCUT2D eigenvalue weighted by Gasteiger charge is 2.36. The van der Waals surface area contributed by atoms with Gasteiger partial charge >= 0.3 is 0 Å². The van der Waals surface area contributed by atoms with Crippen molar-refractivity contribution in [3.63, 3.8) is 0 Å². The highest BCUT2D eigenvalue weighted by molar-refractivity contribution is 7.94. The summed E-state index contributed by atoms with van der Waals surface area (Å²) in [7, 11) is -7.67. The molecule has 0 radical (unpaired) electrons. The summed E-state index contributed by atoms with van der Waals surface area (Å²) in [6.45, 7) is 4.02. The summed E-state index contributed by atoms with van der Waals surface area (Å²) in [5.41, 5.74) is 1.69. The third-order valence-corrected chi connectivity index (χ3v) is 8.48. The van der Waals surface area contributed by atoms with E-state index in [2.05, 4.69) is 9.62 Å². The Balaban J connectivity index is 1.64. The summed E-state index contributed by atoms with van der Waals surface area (Å²) in [5, 5.41) is 0. The maximum absolute atomic E-state index is 13.1. The molecule has 0 unspecified atom stereocenters. The molecule has 0 bridgehead atoms. The smallest absolute Gasteiger partial charge is 0.262 e. The number of anilines is 3. The fourth-order valence-electron chi connectivity index (χ4n) is 3.77. The summed E-state index contributed by atoms with van der Waals surface area (Å²) in [6.07, 6.45) is -0.0820. The van der Waals surface area contributed by atoms with Gasteiger partial charge in [0.25, 0.3) is 10.0 Å². The second kappa shape index (κ2) is 8.13. The number of nitrogens with zero attached hydrogens (tertiary/aromatic N) is 2. The zero-order valence-corrected chi connectivity index (χ0v) is 18.6. The minimum absolute atomic E-state index is 0.0112. The van der Waals surface area contributed by atoms with Gasteiger partial charge in [0.2, 0.25) is 15.9 Å². The van der Waals surface area contributed by atoms with Gasteiger partial charge in [0, 0.05) is 19.5 Å². The van der Waals surface area contributed by atoms with Crippen molar-refractivity contribution in [1.82, 2.24) is 0 Å². The van der Waals surface area contributed by atoms with Gasteiger partial charge in [-0.25, -0.2) is 21.1 Å². The summed E-state index contributed by atoms with van der Waals surface area (Å²) in [5.74, 6) is -0.766. The van der Waals surface area contributed by atoms with Gasteiger partial charge in [0.15, 0.2) is 0 Å². The van der Waals surface area contributed by atoms with Crippen LogP contribution < -0.4 is 13.9 Å². The van der Waals surface area contributed by atoms with Crippen LogP contribution in [0.4, 0.5) is 17.1 Å². The highest BCUT2D eigenvalue weighted by Crippen LogP contribution is 2.32. The number of ether oxygens (including phenoxy) is 1. The van der Waals surface area contributed by atoms with Crippen molar-refractivity contribution in [3.05, 3.63) is 48.0 Å². The Hall–Kier alpha value is -2.63. The maximum atomic E-state index is 13.1. The molecule has 1 N–H and O–H groups in total. The summed E-state index contributed by atoms with van der Waals surface area (Å²) in [6, 6.07) is 11.2. The number of carbonyl (C=O) groups excluding carboxylic acids is 1. The lowest BCUT2D eigenvalue weighted by Gasteiger charge is -2.30. The van der Waals surface area contributed by atoms with Crippen LogP contribution in [0.1, 0.15) is 12.0 Å². The van der Waals surface area contributed by atoms with Crippen LogP contribution in [0, 0.1) is 6.92 Å². The number of carbonyl (C=O) groups is 1. The summed E-state index contributed by atoms with van der Waals surface area (Å²) in [4.78, 5) is 14.1. The van der Waals surface area contributed by atoms with Crippen LogP contribution in [-0.2, 0) is 29.6 Å². The lowest BCUT2D eigenvalue weighted by Crippen LogP contribution is -2.36. The topological polar surface area (TPSA) is 113 Å². The minimum Gasteiger partial charge on any atom is -0.378 e. The Kier molecular flexibility index (Phi) is 5.67. The van der Waals surface area contributed by atoms with Gasteiger partial charge < -0.3 is 9.64 Å². The van der Waals surface area contributed by atoms with E-state index < -0.39 is 26.0 Å². The van der Waals surface area contributed by atoms with E-state index in [4.69, 9.17) is 4.74 Å². The fraction of sp³-hybridized carbons (Fsp3) is 0.350. The maximum Gasteiger partial charge on any atom is 0.262 e. The van der Waals surface area contributed by atoms with E-state index in [1.54, 1.807) is 19.1 Å². The number of amides is 1. The minimum atomic E-state index is -3.95. The van der Waals surface area contributed by atoms with Crippen LogP contribution in [0.15, 0.2) is 47.4 Å². The highest BCUT2D eigenvalue weighted by atomic mass is 32.2. The number of benzene rings is 2. The molecule has 0 atom stereocenters. The molecule has 2 saturated heterocycles. The van der Waals surface area contributed by atoms with Crippen molar-refractivity contribution in [1.29, 1.82) is 0 Å². The zero-order chi connectivity index (χ0) is 22.2. The van der Waals surface area contributed by atoms with E-state index in [1.165, 1.54) is 18.2 Å². The lowest BCUT2D eigenvalue weighted by molar-refractivity contribution is -0.116. The number of morpholine rings is 1. The van der Waals surface area contributed by atoms with E-state index in [1.807, 2.05) is 12.1 Å². The van der Waals surface area contributed by atoms with Crippen molar-refractivity contribution >= 4 is 43.0 Å². The van der Waals surface area contributed by atoms with Gasteiger partial charge in [-0.2, -0.15) is 0 Å². The zero-order valence-electron chi connectivity index (χ0n) is 16.9. The average Bonchev–Trinajstić information content (AvgIpc) is 3.00. The number of nitrogens with one attached hydrogen (secondary N) is 1. The molecule has 0 aliphatic carbocycles. The molecule has 0 aromatic heterocycles. The third kappa shape index (κ3) is 4.25. The van der Waals surface area contributed by atoms with Crippen molar-refractivity contribution in [3.8, 4) is 0 Å². The number of aryl methyl sites for hydroxylation is 1. The first kappa shape index (κ1) is 21.6. The van der Waals surface area contributed by atoms with Gasteiger partial charge in [-0.15, -0.1) is 0 Å². The molecule has 2 aromatic rings. The summed E-state index contributed by atoms with van der Waals surface area (Å²) >= 11 is 0. The van der Waals surface area contributed by atoms with E-state index in [0.717, 1.165) is 9.99 Å². The van der Waals surface area contributed by atoms with Gasteiger partial charge in [0.05, 0.1) is 40.9 Å². The molecule has 11 heteroatoms. The van der Waals surface area contributed by atoms with Gasteiger partial charge in [-0.3, -0.25) is 9.52 Å². The number of hydrogen-bond donors (Lipinski definition) is 1. The lowest BCUT2D eigenvalue weighted by atomic mass is 10.2. The first-order valence-electron chi connectivity index (χ1n) is 9.80. The third-order valence-electron chi connectivity index (χ3n) is 5.26. The molecule has 166 valence electrons. The van der Waals surface area contributed by atoms with Crippen molar-refractivity contribution in [2.24, 2.45) is 0 Å². The molecule has 9 nitrogen and oxygen atoms in total. The second-order valence-corrected chi connectivity index (χ2v) is 11.0. The molecule has 2 aliphatic heterocycles. The molecular formula is C20H23N3O6S2. The molecule has 4 rings (SSSR count). The number of rotatable bonds is 5. The molecule has 0 spiro atoms. The van der Waals surface area contributed by atoms with E-state index in [0.29, 0.717) is 37.6 Å². The van der Waals surface area contributed by atoms with Gasteiger partial charge in [0.1, 0.15) is 0 Å². The molecule has 0 saturated carbocycles. The summed E-state index contributed by atoms with van der Waals surface area (Å²) < 4.78 is 59.3. The van der Waals surface area contributed by atoms with Crippen molar-refractivity contribution in [2.45, 2.75) is 18.2 Å². The molecule has 2 aliphatic rings. The Morgan fingerprint density at radius 1 is 1.06 bits per heavy atom. The number of hydrogen-bond acceptors (Lipinski definition) is 7. The largest absolute Gasteiger partial charge is 0.378 e. The monoisotopic (exact) mass is 465 g/mol. The first-order valence-corrected chi connectivity index (χ1v) is 12.9. The normalized spacial score (nSPS) is 18.9. The van der Waals surface area contributed by atoms with Crippen LogP contribution in [0.25, 0.3) is 0 Å². The van der Waals surface area contributed by atoms with Gasteiger partial charge in [-0.1, -0.05) is 12.1 Å². The van der Waals surface area contributed by atoms with Crippen LogP contribution in [0.3, 0.4) is 0 Å². The Labute approximate surface area is 181 Å². The van der Waals surface area contributed by atoms with Crippen molar-refractivity contribution < 1.29 is 26.4 Å². The standard InChI is InChI=1S/C20H23N3O6S2/c1-15-14-16(23-20(24)8-13-30(23,25)26)6-7-19(15)31(27,28)21-17-4-2-3-5-18(17)22-9-11-29-12-10-22/h2-7,14,21H,8-13H2,1H3. The van der Waals surface area contributed by atoms with Crippen LogP contribution in [0.5, 0.6) is 0 Å². The van der Waals surface area contributed by atoms with E-state index in [9.17, 15) is 21.6 Å². The molecule has 2 fully saturated rings. The predicted octanol–water partition coefficient (Wildman–Crippen LogP) is 1.70. The van der Waals surface area contributed by atoms with Crippen molar-refractivity contribution in [2.75, 3.05) is 46.0 Å². The molecule has 2 aromatic carbocycles. The Morgan fingerprint density at radius 3 is 2.42 bits per heavy atom. The quantitative estimate of drug-likeness (QED) is 0.715. The van der Waals surface area contributed by atoms with E-state index in [-0.39, 0.29) is 22.8 Å².